The summed E-state index contributed by atoms with van der Waals surface area (Å²) in [4.78, 5) is 202. The van der Waals surface area contributed by atoms with Gasteiger partial charge < -0.3 is 64.8 Å². The Hall–Kier alpha value is -8.19. The second-order valence-corrected chi connectivity index (χ2v) is 27.8. The maximum atomic E-state index is 15.4. The Kier molecular flexibility index (Phi) is 28.8. The summed E-state index contributed by atoms with van der Waals surface area (Å²) in [7, 11) is 11.6. The van der Waals surface area contributed by atoms with Gasteiger partial charge in [-0.25, -0.2) is 0 Å². The summed E-state index contributed by atoms with van der Waals surface area (Å²) in [5.41, 5.74) is 0.0943. The van der Waals surface area contributed by atoms with Gasteiger partial charge in [-0.1, -0.05) is 107 Å². The molecule has 536 valence electrons. The molecule has 2 aliphatic heterocycles. The lowest BCUT2D eigenvalue weighted by Gasteiger charge is -2.46. The van der Waals surface area contributed by atoms with Crippen LogP contribution in [0.1, 0.15) is 147 Å². The first-order chi connectivity index (χ1) is 46.0. The third-order valence-corrected chi connectivity index (χ3v) is 20.6. The van der Waals surface area contributed by atoms with Crippen LogP contribution >= 0.6 is 0 Å². The number of esters is 1. The molecule has 2 saturated heterocycles. The summed E-state index contributed by atoms with van der Waals surface area (Å²) in [5, 5.41) is 8.69. The summed E-state index contributed by atoms with van der Waals surface area (Å²) in [6.45, 7) is 11.1. The number of carbonyl (C=O) groups excluding carboxylic acids is 13. The van der Waals surface area contributed by atoms with Gasteiger partial charge in [0, 0.05) is 82.3 Å². The van der Waals surface area contributed by atoms with Crippen molar-refractivity contribution in [3.63, 3.8) is 0 Å². The van der Waals surface area contributed by atoms with Crippen molar-refractivity contribution in [1.29, 1.82) is 0 Å². The normalized spacial score (nSPS) is 25.6. The van der Waals surface area contributed by atoms with E-state index in [1.54, 1.807) is 13.0 Å². The van der Waals surface area contributed by atoms with Gasteiger partial charge in [0.1, 0.15) is 54.4 Å². The standard InChI is InChI=1S/C71H108N12O14/c1-14-17-37-82-55(41-49-31-29-46(4)30-32-49)67(93)77(9)43-56(84)72-51(33-34-60(88)97-39-15-2)65(91)83-38-22-28-52(83)64(90)74-71(35-23-36-71)70(96)81(13)62(50-26-20-21-27-50)69(95)80(12)54(66(92)75(6)7)42-57(85)79(11)53(40-48-24-18-19-25-48)63(89)73-61(47(5)16-3)68(94)78(10)44-58(86)76(8)45-59(82)87/h14-15,29-32,47-48,50-55,61-62H,1-2,16-28,33-45H2,3-13H3,(H,72,84)(H,73,89)(H,74,90)/t47-,51+,52-,53-,54-,55-,61-,62-/m0/s1. The van der Waals surface area contributed by atoms with Gasteiger partial charge in [-0.15, -0.1) is 6.58 Å². The number of aryl methyl sites for hydroxylation is 1. The summed E-state index contributed by atoms with van der Waals surface area (Å²) in [6, 6.07) is -1.40. The molecule has 5 aliphatic rings. The summed E-state index contributed by atoms with van der Waals surface area (Å²) in [6.07, 6.45) is 10.1. The van der Waals surface area contributed by atoms with Crippen LogP contribution in [0.15, 0.2) is 49.6 Å². The molecule has 1 aromatic rings. The minimum atomic E-state index is -1.51. The molecule has 3 N–H and O–H groups in total. The monoisotopic (exact) mass is 1350 g/mol. The van der Waals surface area contributed by atoms with Crippen LogP contribution in [0.5, 0.6) is 0 Å². The molecule has 6 rings (SSSR count). The van der Waals surface area contributed by atoms with E-state index >= 15 is 19.2 Å². The third kappa shape index (κ3) is 20.0. The molecule has 0 unspecified atom stereocenters. The number of likely N-dealkylation sites (N-methyl/N-ethyl adjacent to an activating group) is 7. The molecule has 1 spiro atoms. The zero-order valence-electron chi connectivity index (χ0n) is 59.3. The number of hydrogen-bond donors (Lipinski definition) is 3. The Bertz CT molecular complexity index is 3030. The first-order valence-corrected chi connectivity index (χ1v) is 34.7. The number of amides is 12. The molecule has 0 bridgehead atoms. The average Bonchev–Trinajstić information content (AvgIpc) is 1.62. The number of nitrogens with one attached hydrogen (secondary N) is 3. The van der Waals surface area contributed by atoms with Gasteiger partial charge in [0.15, 0.2) is 0 Å². The van der Waals surface area contributed by atoms with Gasteiger partial charge in [0.2, 0.25) is 70.9 Å². The predicted molar refractivity (Wildman–Crippen MR) is 363 cm³/mol. The Morgan fingerprint density at radius 2 is 1.32 bits per heavy atom. The topological polar surface area (TPSA) is 296 Å². The van der Waals surface area contributed by atoms with E-state index in [2.05, 4.69) is 29.1 Å². The zero-order chi connectivity index (χ0) is 71.6. The highest BCUT2D eigenvalue weighted by Gasteiger charge is 2.53. The molecule has 12 amide bonds. The molecule has 3 aliphatic carbocycles. The molecular formula is C71H108N12O14. The third-order valence-electron chi connectivity index (χ3n) is 20.6. The fraction of sp³-hybridized carbons (Fsp3) is 0.676. The van der Waals surface area contributed by atoms with Crippen molar-refractivity contribution < 1.29 is 67.1 Å². The molecule has 1 aromatic carbocycles. The van der Waals surface area contributed by atoms with Crippen LogP contribution in [0.2, 0.25) is 0 Å². The Balaban J connectivity index is 1.43. The molecule has 3 saturated carbocycles. The number of fused-ring (bicyclic) bond motifs is 1. The lowest BCUT2D eigenvalue weighted by atomic mass is 9.74. The molecular weight excluding hydrogens is 1240 g/mol. The molecule has 8 atom stereocenters. The minimum absolute atomic E-state index is 0.0280. The van der Waals surface area contributed by atoms with Gasteiger partial charge in [-0.2, -0.15) is 0 Å². The maximum Gasteiger partial charge on any atom is 0.306 e. The van der Waals surface area contributed by atoms with Gasteiger partial charge >= 0.3 is 5.97 Å². The largest absolute Gasteiger partial charge is 0.461 e. The van der Waals surface area contributed by atoms with Crippen LogP contribution < -0.4 is 16.0 Å². The van der Waals surface area contributed by atoms with Crippen LogP contribution in [0, 0.1) is 24.7 Å². The lowest BCUT2D eigenvalue weighted by molar-refractivity contribution is -0.158. The first-order valence-electron chi connectivity index (χ1n) is 34.7. The molecule has 0 radical (unpaired) electrons. The predicted octanol–water partition coefficient (Wildman–Crippen LogP) is 2.98. The molecule has 97 heavy (non-hydrogen) atoms. The van der Waals surface area contributed by atoms with E-state index in [1.165, 1.54) is 96.8 Å². The number of rotatable bonds is 16. The number of nitrogens with zero attached hydrogens (tertiary/aromatic N) is 9. The van der Waals surface area contributed by atoms with E-state index in [-0.39, 0.29) is 82.9 Å². The number of hydrogen-bond acceptors (Lipinski definition) is 14. The van der Waals surface area contributed by atoms with Crippen molar-refractivity contribution in [2.75, 3.05) is 95.7 Å². The van der Waals surface area contributed by atoms with Crippen molar-refractivity contribution in [3.8, 4) is 0 Å². The quantitative estimate of drug-likeness (QED) is 0.159. The highest BCUT2D eigenvalue weighted by Crippen LogP contribution is 2.38. The summed E-state index contributed by atoms with van der Waals surface area (Å²) >= 11 is 0. The van der Waals surface area contributed by atoms with E-state index in [0.29, 0.717) is 37.7 Å². The Morgan fingerprint density at radius 1 is 0.691 bits per heavy atom. The van der Waals surface area contributed by atoms with Crippen LogP contribution in [0.4, 0.5) is 0 Å². The smallest absolute Gasteiger partial charge is 0.306 e. The summed E-state index contributed by atoms with van der Waals surface area (Å²) < 4.78 is 5.23. The molecule has 2 heterocycles. The highest BCUT2D eigenvalue weighted by atomic mass is 16.5. The lowest BCUT2D eigenvalue weighted by Crippen LogP contribution is -2.68. The van der Waals surface area contributed by atoms with Crippen LogP contribution in [-0.4, -0.2) is 264 Å². The first kappa shape index (κ1) is 77.8. The zero-order valence-corrected chi connectivity index (χ0v) is 59.3. The van der Waals surface area contributed by atoms with Crippen molar-refractivity contribution in [1.82, 2.24) is 60.0 Å². The molecule has 26 heteroatoms. The van der Waals surface area contributed by atoms with Gasteiger partial charge in [0.05, 0.1) is 26.1 Å². The van der Waals surface area contributed by atoms with Crippen molar-refractivity contribution in [2.45, 2.75) is 197 Å². The van der Waals surface area contributed by atoms with E-state index in [1.807, 2.05) is 38.1 Å². The van der Waals surface area contributed by atoms with E-state index < -0.39 is 157 Å². The van der Waals surface area contributed by atoms with Crippen LogP contribution in [0.25, 0.3) is 0 Å². The van der Waals surface area contributed by atoms with Crippen LogP contribution in [-0.2, 0) is 73.5 Å². The number of carbonyl (C=O) groups is 13. The molecule has 26 nitrogen and oxygen atoms in total. The van der Waals surface area contributed by atoms with E-state index in [4.69, 9.17) is 4.74 Å². The fourth-order valence-electron chi connectivity index (χ4n) is 14.1. The minimum Gasteiger partial charge on any atom is -0.461 e. The van der Waals surface area contributed by atoms with Crippen molar-refractivity contribution in [2.24, 2.45) is 17.8 Å². The van der Waals surface area contributed by atoms with E-state index in [0.717, 1.165) is 53.9 Å². The Labute approximate surface area is 572 Å². The second kappa shape index (κ2) is 35.9. The van der Waals surface area contributed by atoms with Gasteiger partial charge in [-0.05, 0) is 94.4 Å². The SMILES string of the molecule is C=CCCN1C(=O)CN(C)C(=O)CN(C)C(=O)[C@H]([C@@H](C)CC)NC(=O)[C@H](CC2CCCC2)N(C)C(=O)C[C@@H](C(=O)N(C)C)N(C)C(=O)[C@H](C2CCCC2)N(C)C(=O)C2(CCC2)NC(=O)[C@@H]2CCCN2C(=O)[C@@H](CCC(=O)OCC=C)NC(=O)CN(C)C(=O)[C@@H]1Cc1ccc(C)cc1. The molecule has 5 fully saturated rings. The van der Waals surface area contributed by atoms with Crippen molar-refractivity contribution in [3.05, 3.63) is 60.7 Å². The van der Waals surface area contributed by atoms with Gasteiger partial charge in [-0.3, -0.25) is 62.3 Å². The highest BCUT2D eigenvalue weighted by molar-refractivity contribution is 6.01. The van der Waals surface area contributed by atoms with Crippen LogP contribution in [0.3, 0.4) is 0 Å². The van der Waals surface area contributed by atoms with Crippen molar-refractivity contribution >= 4 is 76.9 Å². The summed E-state index contributed by atoms with van der Waals surface area (Å²) in [5.74, 6) is -9.30. The number of benzene rings is 1. The second-order valence-electron chi connectivity index (χ2n) is 27.8. The number of ether oxygens (including phenoxy) is 1. The maximum absolute atomic E-state index is 15.4. The fourth-order valence-corrected chi connectivity index (χ4v) is 14.1. The van der Waals surface area contributed by atoms with Gasteiger partial charge in [0.25, 0.3) is 0 Å². The molecule has 0 aromatic heterocycles. The Morgan fingerprint density at radius 3 is 1.92 bits per heavy atom. The average molecular weight is 1350 g/mol. The van der Waals surface area contributed by atoms with E-state index in [9.17, 15) is 43.2 Å².